The molecule has 0 aliphatic carbocycles. The fourth-order valence-electron chi connectivity index (χ4n) is 3.32. The third-order valence-corrected chi connectivity index (χ3v) is 5.80. The van der Waals surface area contributed by atoms with E-state index in [1.54, 1.807) is 29.4 Å². The van der Waals surface area contributed by atoms with Gasteiger partial charge in [0, 0.05) is 42.3 Å². The van der Waals surface area contributed by atoms with Gasteiger partial charge < -0.3 is 9.47 Å². The van der Waals surface area contributed by atoms with E-state index in [-0.39, 0.29) is 5.91 Å². The van der Waals surface area contributed by atoms with Gasteiger partial charge in [-0.15, -0.1) is 11.3 Å². The zero-order chi connectivity index (χ0) is 20.2. The number of thiazole rings is 1. The summed E-state index contributed by atoms with van der Waals surface area (Å²) in [6.07, 6.45) is 5.90. The number of nitrogens with zero attached hydrogens (tertiary/aromatic N) is 4. The third kappa shape index (κ3) is 4.05. The van der Waals surface area contributed by atoms with E-state index in [0.717, 1.165) is 31.7 Å². The number of likely N-dealkylation sites (N-methyl/N-ethyl adjacent to an activating group) is 1. The lowest BCUT2D eigenvalue weighted by Gasteiger charge is -2.12. The number of hydrogen-bond donors (Lipinski definition) is 0. The van der Waals surface area contributed by atoms with E-state index in [4.69, 9.17) is 5.26 Å². The molecule has 1 amide bonds. The number of amides is 1. The predicted molar refractivity (Wildman–Crippen MR) is 117 cm³/mol. The van der Waals surface area contributed by atoms with E-state index in [1.807, 2.05) is 60.8 Å². The second-order valence-electron chi connectivity index (χ2n) is 6.81. The van der Waals surface area contributed by atoms with Crippen molar-refractivity contribution < 1.29 is 4.79 Å². The second-order valence-corrected chi connectivity index (χ2v) is 7.92. The summed E-state index contributed by atoms with van der Waals surface area (Å²) in [7, 11) is 1.79. The number of hydrogen-bond acceptors (Lipinski definition) is 4. The van der Waals surface area contributed by atoms with Crippen LogP contribution in [0.1, 0.15) is 17.0 Å². The molecule has 0 fully saturated rings. The number of para-hydroxylation sites is 2. The summed E-state index contributed by atoms with van der Waals surface area (Å²) >= 11 is 1.61. The minimum absolute atomic E-state index is 0.0712. The van der Waals surface area contributed by atoms with E-state index >= 15 is 0 Å². The van der Waals surface area contributed by atoms with Crippen LogP contribution in [0.25, 0.3) is 27.2 Å². The predicted octanol–water partition coefficient (Wildman–Crippen LogP) is 4.84. The summed E-state index contributed by atoms with van der Waals surface area (Å²) in [6, 6.07) is 18.2. The highest BCUT2D eigenvalue weighted by molar-refractivity contribution is 7.18. The Balaban J connectivity index is 1.51. The van der Waals surface area contributed by atoms with E-state index in [0.29, 0.717) is 19.5 Å². The molecule has 2 aromatic heterocycles. The molecule has 5 nitrogen and oxygen atoms in total. The number of aryl methyl sites for hydroxylation is 1. The maximum atomic E-state index is 12.6. The van der Waals surface area contributed by atoms with Gasteiger partial charge >= 0.3 is 0 Å². The Morgan fingerprint density at radius 1 is 1.24 bits per heavy atom. The van der Waals surface area contributed by atoms with Gasteiger partial charge in [0.15, 0.2) is 0 Å². The maximum absolute atomic E-state index is 12.6. The molecular weight excluding hydrogens is 380 g/mol. The van der Waals surface area contributed by atoms with Gasteiger partial charge in [0.25, 0.3) is 0 Å². The summed E-state index contributed by atoms with van der Waals surface area (Å²) in [5.41, 5.74) is 3.01. The Morgan fingerprint density at radius 3 is 2.86 bits per heavy atom. The molecule has 2 aromatic carbocycles. The Kier molecular flexibility index (Phi) is 5.41. The third-order valence-electron chi connectivity index (χ3n) is 4.78. The molecule has 0 radical (unpaired) electrons. The second kappa shape index (κ2) is 8.29. The number of nitriles is 1. The highest BCUT2D eigenvalue weighted by atomic mass is 32.1. The highest BCUT2D eigenvalue weighted by Gasteiger charge is 2.11. The monoisotopic (exact) mass is 400 g/mol. The van der Waals surface area contributed by atoms with Gasteiger partial charge in [-0.25, -0.2) is 4.98 Å². The van der Waals surface area contributed by atoms with Crippen LogP contribution in [0.5, 0.6) is 0 Å². The number of carbonyl (C=O) groups is 1. The molecule has 0 saturated carbocycles. The van der Waals surface area contributed by atoms with E-state index < -0.39 is 0 Å². The number of aromatic nitrogens is 2. The van der Waals surface area contributed by atoms with Crippen LogP contribution in [-0.2, 0) is 17.9 Å². The summed E-state index contributed by atoms with van der Waals surface area (Å²) in [5.74, 6) is -0.0712. The van der Waals surface area contributed by atoms with Gasteiger partial charge in [-0.2, -0.15) is 5.26 Å². The minimum Gasteiger partial charge on any atom is -0.346 e. The van der Waals surface area contributed by atoms with Crippen LogP contribution in [-0.4, -0.2) is 27.4 Å². The molecule has 0 bridgehead atoms. The van der Waals surface area contributed by atoms with Gasteiger partial charge in [-0.3, -0.25) is 4.79 Å². The fourth-order valence-corrected chi connectivity index (χ4v) is 4.34. The average Bonchev–Trinajstić information content (AvgIpc) is 3.31. The van der Waals surface area contributed by atoms with Gasteiger partial charge in [0.05, 0.1) is 29.3 Å². The van der Waals surface area contributed by atoms with Crippen molar-refractivity contribution in [2.24, 2.45) is 0 Å². The first kappa shape index (κ1) is 18.9. The molecule has 144 valence electrons. The van der Waals surface area contributed by atoms with Crippen molar-refractivity contribution in [2.45, 2.75) is 19.5 Å². The summed E-state index contributed by atoms with van der Waals surface area (Å²) < 4.78 is 3.19. The van der Waals surface area contributed by atoms with Crippen molar-refractivity contribution in [3.8, 4) is 6.07 Å². The molecule has 4 rings (SSSR count). The lowest BCUT2D eigenvalue weighted by Crippen LogP contribution is -2.23. The SMILES string of the molecule is CN(Cc1nc2ccccc2s1)C(=O)/C=C/c1cn(CCC#N)c2ccccc12. The zero-order valence-electron chi connectivity index (χ0n) is 16.1. The summed E-state index contributed by atoms with van der Waals surface area (Å²) in [6.45, 7) is 1.11. The van der Waals surface area contributed by atoms with Gasteiger partial charge in [-0.05, 0) is 24.3 Å². The first-order valence-corrected chi connectivity index (χ1v) is 10.2. The van der Waals surface area contributed by atoms with Crippen LogP contribution < -0.4 is 0 Å². The molecular formula is C23H20N4OS. The van der Waals surface area contributed by atoms with Gasteiger partial charge in [-0.1, -0.05) is 30.3 Å². The first-order valence-electron chi connectivity index (χ1n) is 9.38. The molecule has 0 aliphatic rings. The van der Waals surface area contributed by atoms with Crippen molar-refractivity contribution in [2.75, 3.05) is 7.05 Å². The largest absolute Gasteiger partial charge is 0.346 e. The lowest BCUT2D eigenvalue weighted by molar-refractivity contribution is -0.125. The molecule has 0 aliphatic heterocycles. The van der Waals surface area contributed by atoms with Crippen LogP contribution in [0.15, 0.2) is 60.8 Å². The standard InChI is InChI=1S/C23H20N4OS/c1-26(16-22-25-19-8-3-5-10-21(19)29-22)23(28)12-11-17-15-27(14-6-13-24)20-9-4-2-7-18(17)20/h2-5,7-12,15H,6,14,16H2,1H3/b12-11+. The maximum Gasteiger partial charge on any atom is 0.246 e. The van der Waals surface area contributed by atoms with E-state index in [1.165, 1.54) is 0 Å². The van der Waals surface area contributed by atoms with Crippen molar-refractivity contribution in [1.29, 1.82) is 5.26 Å². The van der Waals surface area contributed by atoms with Crippen molar-refractivity contribution in [1.82, 2.24) is 14.5 Å². The van der Waals surface area contributed by atoms with Crippen LogP contribution in [0.2, 0.25) is 0 Å². The van der Waals surface area contributed by atoms with Crippen LogP contribution in [0.4, 0.5) is 0 Å². The Morgan fingerprint density at radius 2 is 2.03 bits per heavy atom. The molecule has 0 spiro atoms. The lowest BCUT2D eigenvalue weighted by atomic mass is 10.1. The molecule has 29 heavy (non-hydrogen) atoms. The summed E-state index contributed by atoms with van der Waals surface area (Å²) in [5, 5.41) is 10.9. The van der Waals surface area contributed by atoms with Gasteiger partial charge in [0.2, 0.25) is 5.91 Å². The topological polar surface area (TPSA) is 61.9 Å². The Bertz CT molecular complexity index is 1210. The fraction of sp³-hybridized carbons (Fsp3) is 0.174. The molecule has 6 heteroatoms. The number of benzene rings is 2. The van der Waals surface area contributed by atoms with Crippen molar-refractivity contribution >= 4 is 44.4 Å². The minimum atomic E-state index is -0.0712. The number of fused-ring (bicyclic) bond motifs is 2. The quantitative estimate of drug-likeness (QED) is 0.435. The van der Waals surface area contributed by atoms with E-state index in [9.17, 15) is 4.79 Å². The molecule has 0 saturated heterocycles. The average molecular weight is 401 g/mol. The van der Waals surface area contributed by atoms with Crippen molar-refractivity contribution in [3.05, 3.63) is 71.4 Å². The zero-order valence-corrected chi connectivity index (χ0v) is 16.9. The van der Waals surface area contributed by atoms with Crippen LogP contribution in [0, 0.1) is 11.3 Å². The Hall–Kier alpha value is -3.43. The Labute approximate surface area is 173 Å². The smallest absolute Gasteiger partial charge is 0.246 e. The normalized spacial score (nSPS) is 11.3. The number of carbonyl (C=O) groups excluding carboxylic acids is 1. The van der Waals surface area contributed by atoms with Crippen molar-refractivity contribution in [3.63, 3.8) is 0 Å². The van der Waals surface area contributed by atoms with Crippen LogP contribution in [0.3, 0.4) is 0 Å². The molecule has 0 atom stereocenters. The molecule has 2 heterocycles. The van der Waals surface area contributed by atoms with E-state index in [2.05, 4.69) is 15.6 Å². The number of rotatable bonds is 6. The molecule has 0 unspecified atom stereocenters. The highest BCUT2D eigenvalue weighted by Crippen LogP contribution is 2.24. The first-order chi connectivity index (χ1) is 14.2. The van der Waals surface area contributed by atoms with Gasteiger partial charge in [0.1, 0.15) is 5.01 Å². The summed E-state index contributed by atoms with van der Waals surface area (Å²) in [4.78, 5) is 18.9. The molecule has 4 aromatic rings. The van der Waals surface area contributed by atoms with Crippen LogP contribution >= 0.6 is 11.3 Å². The molecule has 0 N–H and O–H groups in total.